The summed E-state index contributed by atoms with van der Waals surface area (Å²) in [7, 11) is 3.20. The normalized spacial score (nSPS) is 10.5. The van der Waals surface area contributed by atoms with Gasteiger partial charge in [-0.15, -0.1) is 11.8 Å². The molecule has 0 saturated heterocycles. The van der Waals surface area contributed by atoms with Crippen LogP contribution in [-0.2, 0) is 17.9 Å². The van der Waals surface area contributed by atoms with E-state index in [0.717, 1.165) is 16.2 Å². The van der Waals surface area contributed by atoms with Crippen LogP contribution in [0, 0.1) is 0 Å². The lowest BCUT2D eigenvalue weighted by Gasteiger charge is -2.22. The second-order valence-electron chi connectivity index (χ2n) is 6.12. The van der Waals surface area contributed by atoms with Gasteiger partial charge in [0, 0.05) is 11.4 Å². The average Bonchev–Trinajstić information content (AvgIpc) is 3.25. The van der Waals surface area contributed by atoms with Gasteiger partial charge in [-0.2, -0.15) is 0 Å². The van der Waals surface area contributed by atoms with E-state index in [4.69, 9.17) is 13.9 Å². The van der Waals surface area contributed by atoms with Crippen molar-refractivity contribution in [2.24, 2.45) is 0 Å². The molecule has 0 bridgehead atoms. The number of rotatable bonds is 9. The van der Waals surface area contributed by atoms with Gasteiger partial charge in [0.05, 0.1) is 32.8 Å². The highest BCUT2D eigenvalue weighted by Crippen LogP contribution is 2.28. The minimum atomic E-state index is 0.0417. The summed E-state index contributed by atoms with van der Waals surface area (Å²) in [5.74, 6) is 2.45. The summed E-state index contributed by atoms with van der Waals surface area (Å²) in [4.78, 5) is 15.8. The van der Waals surface area contributed by atoms with Crippen LogP contribution in [0.2, 0.25) is 0 Å². The van der Waals surface area contributed by atoms with Crippen LogP contribution in [0.25, 0.3) is 0 Å². The van der Waals surface area contributed by atoms with Gasteiger partial charge in [-0.1, -0.05) is 24.3 Å². The molecule has 1 aromatic heterocycles. The van der Waals surface area contributed by atoms with E-state index in [1.54, 1.807) is 25.4 Å². The topological polar surface area (TPSA) is 51.9 Å². The Kier molecular flexibility index (Phi) is 7.03. The van der Waals surface area contributed by atoms with Crippen molar-refractivity contribution in [3.8, 4) is 11.5 Å². The first-order valence-electron chi connectivity index (χ1n) is 8.88. The minimum absolute atomic E-state index is 0.0417. The van der Waals surface area contributed by atoms with Crippen molar-refractivity contribution in [2.75, 3.05) is 20.0 Å². The fourth-order valence-electron chi connectivity index (χ4n) is 2.78. The van der Waals surface area contributed by atoms with Gasteiger partial charge in [-0.25, -0.2) is 0 Å². The van der Waals surface area contributed by atoms with E-state index >= 15 is 0 Å². The molecule has 3 aromatic rings. The Morgan fingerprint density at radius 1 is 0.964 bits per heavy atom. The summed E-state index contributed by atoms with van der Waals surface area (Å²) in [5, 5.41) is 0. The summed E-state index contributed by atoms with van der Waals surface area (Å²) < 4.78 is 16.1. The van der Waals surface area contributed by atoms with E-state index in [1.807, 2.05) is 60.7 Å². The van der Waals surface area contributed by atoms with Gasteiger partial charge in [0.2, 0.25) is 5.91 Å². The molecule has 2 aromatic carbocycles. The maximum atomic E-state index is 12.9. The molecule has 0 atom stereocenters. The summed E-state index contributed by atoms with van der Waals surface area (Å²) in [6.45, 7) is 0.866. The Morgan fingerprint density at radius 3 is 2.43 bits per heavy atom. The maximum Gasteiger partial charge on any atom is 0.233 e. The smallest absolute Gasteiger partial charge is 0.233 e. The lowest BCUT2D eigenvalue weighted by atomic mass is 10.2. The van der Waals surface area contributed by atoms with Gasteiger partial charge in [0.25, 0.3) is 0 Å². The largest absolute Gasteiger partial charge is 0.493 e. The molecule has 146 valence electrons. The number of hydrogen-bond acceptors (Lipinski definition) is 5. The molecule has 0 unspecified atom stereocenters. The van der Waals surface area contributed by atoms with Crippen LogP contribution in [0.15, 0.2) is 76.2 Å². The quantitative estimate of drug-likeness (QED) is 0.493. The molecule has 0 N–H and O–H groups in total. The zero-order valence-electron chi connectivity index (χ0n) is 16.0. The fourth-order valence-corrected chi connectivity index (χ4v) is 3.60. The Bertz CT molecular complexity index is 881. The molecule has 3 rings (SSSR count). The molecule has 1 amide bonds. The number of ether oxygens (including phenoxy) is 2. The number of methoxy groups -OCH3 is 2. The highest BCUT2D eigenvalue weighted by molar-refractivity contribution is 8.00. The lowest BCUT2D eigenvalue weighted by Crippen LogP contribution is -2.31. The first kappa shape index (κ1) is 19.9. The van der Waals surface area contributed by atoms with E-state index in [2.05, 4.69) is 0 Å². The number of furan rings is 1. The van der Waals surface area contributed by atoms with Crippen LogP contribution in [-0.4, -0.2) is 30.8 Å². The van der Waals surface area contributed by atoms with Crippen molar-refractivity contribution in [1.82, 2.24) is 4.90 Å². The SMILES string of the molecule is COc1ccc(CN(Cc2ccco2)C(=O)CSc2ccccc2)cc1OC. The summed E-state index contributed by atoms with van der Waals surface area (Å²) in [5.41, 5.74) is 0.960. The third kappa shape index (κ3) is 5.33. The molecule has 0 saturated carbocycles. The van der Waals surface area contributed by atoms with E-state index < -0.39 is 0 Å². The Labute approximate surface area is 169 Å². The minimum Gasteiger partial charge on any atom is -0.493 e. The highest BCUT2D eigenvalue weighted by atomic mass is 32.2. The standard InChI is InChI=1S/C22H23NO4S/c1-25-20-11-10-17(13-21(20)26-2)14-23(15-18-7-6-12-27-18)22(24)16-28-19-8-4-3-5-9-19/h3-13H,14-16H2,1-2H3. The third-order valence-electron chi connectivity index (χ3n) is 4.21. The lowest BCUT2D eigenvalue weighted by molar-refractivity contribution is -0.129. The molecule has 0 aliphatic heterocycles. The van der Waals surface area contributed by atoms with Gasteiger partial charge >= 0.3 is 0 Å². The molecule has 0 aliphatic carbocycles. The van der Waals surface area contributed by atoms with E-state index in [1.165, 1.54) is 11.8 Å². The van der Waals surface area contributed by atoms with Crippen LogP contribution >= 0.6 is 11.8 Å². The van der Waals surface area contributed by atoms with Crippen LogP contribution in [0.3, 0.4) is 0 Å². The van der Waals surface area contributed by atoms with Gasteiger partial charge in [0.1, 0.15) is 5.76 Å². The Hall–Kier alpha value is -2.86. The van der Waals surface area contributed by atoms with Crippen LogP contribution in [0.5, 0.6) is 11.5 Å². The van der Waals surface area contributed by atoms with Gasteiger partial charge in [0.15, 0.2) is 11.5 Å². The van der Waals surface area contributed by atoms with Crippen molar-refractivity contribution < 1.29 is 18.7 Å². The molecule has 0 aliphatic rings. The molecule has 0 spiro atoms. The first-order chi connectivity index (χ1) is 13.7. The van der Waals surface area contributed by atoms with E-state index in [-0.39, 0.29) is 5.91 Å². The molecular formula is C22H23NO4S. The fraction of sp³-hybridized carbons (Fsp3) is 0.227. The number of amides is 1. The summed E-state index contributed by atoms with van der Waals surface area (Å²) >= 11 is 1.53. The van der Waals surface area contributed by atoms with Gasteiger partial charge in [-0.05, 0) is 42.0 Å². The number of nitrogens with zero attached hydrogens (tertiary/aromatic N) is 1. The van der Waals surface area contributed by atoms with Crippen molar-refractivity contribution in [3.63, 3.8) is 0 Å². The molecule has 6 heteroatoms. The Balaban J connectivity index is 1.73. The van der Waals surface area contributed by atoms with Crippen LogP contribution < -0.4 is 9.47 Å². The van der Waals surface area contributed by atoms with E-state index in [9.17, 15) is 4.79 Å². The summed E-state index contributed by atoms with van der Waals surface area (Å²) in [6.07, 6.45) is 1.62. The zero-order chi connectivity index (χ0) is 19.8. The second-order valence-corrected chi connectivity index (χ2v) is 7.17. The molecule has 5 nitrogen and oxygen atoms in total. The van der Waals surface area contributed by atoms with Crippen LogP contribution in [0.1, 0.15) is 11.3 Å². The molecule has 28 heavy (non-hydrogen) atoms. The van der Waals surface area contributed by atoms with Crippen LogP contribution in [0.4, 0.5) is 0 Å². The number of thioether (sulfide) groups is 1. The maximum absolute atomic E-state index is 12.9. The molecule has 0 fully saturated rings. The van der Waals surface area contributed by atoms with Gasteiger partial charge < -0.3 is 18.8 Å². The van der Waals surface area contributed by atoms with Crippen molar-refractivity contribution in [2.45, 2.75) is 18.0 Å². The predicted molar refractivity (Wildman–Crippen MR) is 110 cm³/mol. The van der Waals surface area contributed by atoms with Gasteiger partial charge in [-0.3, -0.25) is 4.79 Å². The number of hydrogen-bond donors (Lipinski definition) is 0. The zero-order valence-corrected chi connectivity index (χ0v) is 16.8. The number of carbonyl (C=O) groups excluding carboxylic acids is 1. The third-order valence-corrected chi connectivity index (χ3v) is 5.20. The first-order valence-corrected chi connectivity index (χ1v) is 9.87. The van der Waals surface area contributed by atoms with Crippen molar-refractivity contribution in [1.29, 1.82) is 0 Å². The Morgan fingerprint density at radius 2 is 1.75 bits per heavy atom. The number of benzene rings is 2. The second kappa shape index (κ2) is 9.90. The molecule has 0 radical (unpaired) electrons. The van der Waals surface area contributed by atoms with Crippen molar-refractivity contribution >= 4 is 17.7 Å². The van der Waals surface area contributed by atoms with E-state index in [0.29, 0.717) is 30.3 Å². The highest BCUT2D eigenvalue weighted by Gasteiger charge is 2.17. The average molecular weight is 397 g/mol. The van der Waals surface area contributed by atoms with Crippen molar-refractivity contribution in [3.05, 3.63) is 78.3 Å². The molecular weight excluding hydrogens is 374 g/mol. The predicted octanol–water partition coefficient (Wildman–Crippen LogP) is 4.62. The number of carbonyl (C=O) groups is 1. The molecule has 1 heterocycles. The monoisotopic (exact) mass is 397 g/mol. The summed E-state index contributed by atoms with van der Waals surface area (Å²) in [6, 6.07) is 19.3.